The topological polar surface area (TPSA) is 54.5 Å². The summed E-state index contributed by atoms with van der Waals surface area (Å²) >= 11 is 1.58. The molecule has 0 bridgehead atoms. The van der Waals surface area contributed by atoms with E-state index >= 15 is 0 Å². The van der Waals surface area contributed by atoms with Crippen LogP contribution in [0.3, 0.4) is 0 Å². The fraction of sp³-hybridized carbons (Fsp3) is 0.105. The third-order valence-corrected chi connectivity index (χ3v) is 4.57. The maximum atomic E-state index is 9.20. The summed E-state index contributed by atoms with van der Waals surface area (Å²) in [6.07, 6.45) is 1.84. The van der Waals surface area contributed by atoms with E-state index in [2.05, 4.69) is 22.8 Å². The zero-order chi connectivity index (χ0) is 16.8. The lowest BCUT2D eigenvalue weighted by molar-refractivity contribution is 0.731. The Morgan fingerprint density at radius 2 is 1.83 bits per heavy atom. The third-order valence-electron chi connectivity index (χ3n) is 3.56. The van der Waals surface area contributed by atoms with E-state index < -0.39 is 0 Å². The van der Waals surface area contributed by atoms with Gasteiger partial charge in [-0.25, -0.2) is 0 Å². The van der Waals surface area contributed by atoms with Crippen molar-refractivity contribution in [3.63, 3.8) is 0 Å². The number of hydrogen-bond donors (Lipinski definition) is 0. The Bertz CT molecular complexity index is 878. The van der Waals surface area contributed by atoms with Gasteiger partial charge in [-0.2, -0.15) is 5.26 Å². The van der Waals surface area contributed by atoms with Gasteiger partial charge in [0, 0.05) is 17.9 Å². The molecule has 0 aliphatic heterocycles. The summed E-state index contributed by atoms with van der Waals surface area (Å²) in [7, 11) is 0. The number of thioether (sulfide) groups is 1. The van der Waals surface area contributed by atoms with Crippen LogP contribution in [-0.4, -0.2) is 14.8 Å². The SMILES string of the molecule is C=CCn1c(SCc2ccccc2C#N)nnc1-c1ccccc1. The molecule has 0 aliphatic rings. The van der Waals surface area contributed by atoms with Gasteiger partial charge in [0.25, 0.3) is 0 Å². The van der Waals surface area contributed by atoms with Crippen molar-refractivity contribution in [1.82, 2.24) is 14.8 Å². The largest absolute Gasteiger partial charge is 0.298 e. The first-order chi connectivity index (χ1) is 11.8. The fourth-order valence-corrected chi connectivity index (χ4v) is 3.34. The smallest absolute Gasteiger partial charge is 0.192 e. The lowest BCUT2D eigenvalue weighted by atomic mass is 10.1. The predicted molar refractivity (Wildman–Crippen MR) is 96.4 cm³/mol. The van der Waals surface area contributed by atoms with Crippen molar-refractivity contribution in [2.75, 3.05) is 0 Å². The van der Waals surface area contributed by atoms with Crippen LogP contribution in [0.2, 0.25) is 0 Å². The number of nitrogens with zero attached hydrogens (tertiary/aromatic N) is 4. The first kappa shape index (κ1) is 16.0. The standard InChI is InChI=1S/C19H16N4S/c1-2-12-23-18(15-8-4-3-5-9-15)21-22-19(23)24-14-17-11-7-6-10-16(17)13-20/h2-11H,1,12,14H2. The Morgan fingerprint density at radius 3 is 2.58 bits per heavy atom. The molecule has 0 spiro atoms. The van der Waals surface area contributed by atoms with E-state index in [1.54, 1.807) is 11.8 Å². The van der Waals surface area contributed by atoms with Crippen LogP contribution in [0.25, 0.3) is 11.4 Å². The number of allylic oxidation sites excluding steroid dienone is 1. The molecule has 0 fully saturated rings. The van der Waals surface area contributed by atoms with Crippen LogP contribution in [0.1, 0.15) is 11.1 Å². The highest BCUT2D eigenvalue weighted by Gasteiger charge is 2.14. The molecule has 118 valence electrons. The summed E-state index contributed by atoms with van der Waals surface area (Å²) < 4.78 is 2.04. The molecule has 1 heterocycles. The van der Waals surface area contributed by atoms with E-state index in [1.807, 2.05) is 65.2 Å². The molecule has 24 heavy (non-hydrogen) atoms. The Hall–Kier alpha value is -2.84. The normalized spacial score (nSPS) is 10.3. The molecule has 0 atom stereocenters. The molecular formula is C19H16N4S. The van der Waals surface area contributed by atoms with Crippen LogP contribution in [0.15, 0.2) is 72.4 Å². The average molecular weight is 332 g/mol. The second kappa shape index (κ2) is 7.62. The number of rotatable bonds is 6. The highest BCUT2D eigenvalue weighted by molar-refractivity contribution is 7.98. The number of aromatic nitrogens is 3. The highest BCUT2D eigenvalue weighted by atomic mass is 32.2. The molecule has 0 amide bonds. The van der Waals surface area contributed by atoms with E-state index in [0.29, 0.717) is 17.9 Å². The first-order valence-electron chi connectivity index (χ1n) is 7.54. The summed E-state index contributed by atoms with van der Waals surface area (Å²) in [4.78, 5) is 0. The summed E-state index contributed by atoms with van der Waals surface area (Å²) in [5.74, 6) is 1.50. The van der Waals surface area contributed by atoms with Gasteiger partial charge in [-0.1, -0.05) is 66.4 Å². The molecule has 0 N–H and O–H groups in total. The Kier molecular flexibility index (Phi) is 5.09. The van der Waals surface area contributed by atoms with E-state index in [1.165, 1.54) is 0 Å². The van der Waals surface area contributed by atoms with Crippen molar-refractivity contribution in [2.24, 2.45) is 0 Å². The molecular weight excluding hydrogens is 316 g/mol. The number of hydrogen-bond acceptors (Lipinski definition) is 4. The summed E-state index contributed by atoms with van der Waals surface area (Å²) in [6.45, 7) is 4.47. The van der Waals surface area contributed by atoms with E-state index in [4.69, 9.17) is 0 Å². The van der Waals surface area contributed by atoms with Crippen molar-refractivity contribution < 1.29 is 0 Å². The van der Waals surface area contributed by atoms with Gasteiger partial charge in [-0.05, 0) is 11.6 Å². The van der Waals surface area contributed by atoms with Crippen LogP contribution in [0, 0.1) is 11.3 Å². The van der Waals surface area contributed by atoms with Gasteiger partial charge >= 0.3 is 0 Å². The Balaban J connectivity index is 1.87. The Morgan fingerprint density at radius 1 is 1.08 bits per heavy atom. The number of benzene rings is 2. The predicted octanol–water partition coefficient (Wildman–Crippen LogP) is 4.30. The zero-order valence-electron chi connectivity index (χ0n) is 13.1. The highest BCUT2D eigenvalue weighted by Crippen LogP contribution is 2.27. The summed E-state index contributed by atoms with van der Waals surface area (Å²) in [5, 5.41) is 18.7. The molecule has 5 heteroatoms. The maximum Gasteiger partial charge on any atom is 0.192 e. The van der Waals surface area contributed by atoms with Crippen molar-refractivity contribution in [1.29, 1.82) is 5.26 Å². The van der Waals surface area contributed by atoms with Gasteiger partial charge in [0.2, 0.25) is 0 Å². The van der Waals surface area contributed by atoms with Gasteiger partial charge in [0.1, 0.15) is 0 Å². The molecule has 2 aromatic carbocycles. The third kappa shape index (κ3) is 3.39. The first-order valence-corrected chi connectivity index (χ1v) is 8.52. The van der Waals surface area contributed by atoms with Gasteiger partial charge in [-0.3, -0.25) is 4.57 Å². The van der Waals surface area contributed by atoms with Gasteiger partial charge in [-0.15, -0.1) is 16.8 Å². The fourth-order valence-electron chi connectivity index (χ4n) is 2.39. The average Bonchev–Trinajstić information content (AvgIpc) is 3.04. The minimum absolute atomic E-state index is 0.638. The molecule has 4 nitrogen and oxygen atoms in total. The van der Waals surface area contributed by atoms with Crippen LogP contribution in [0.5, 0.6) is 0 Å². The van der Waals surface area contributed by atoms with Gasteiger partial charge in [0.15, 0.2) is 11.0 Å². The van der Waals surface area contributed by atoms with Gasteiger partial charge < -0.3 is 0 Å². The maximum absolute atomic E-state index is 9.20. The molecule has 0 saturated carbocycles. The summed E-state index contributed by atoms with van der Waals surface area (Å²) in [5.41, 5.74) is 2.72. The molecule has 1 aromatic heterocycles. The minimum atomic E-state index is 0.638. The van der Waals surface area contributed by atoms with E-state index in [-0.39, 0.29) is 0 Å². The monoisotopic (exact) mass is 332 g/mol. The van der Waals surface area contributed by atoms with Crippen LogP contribution in [-0.2, 0) is 12.3 Å². The Labute approximate surface area is 145 Å². The van der Waals surface area contributed by atoms with Crippen LogP contribution >= 0.6 is 11.8 Å². The molecule has 0 aliphatic carbocycles. The quantitative estimate of drug-likeness (QED) is 0.499. The number of nitriles is 1. The zero-order valence-corrected chi connectivity index (χ0v) is 13.9. The van der Waals surface area contributed by atoms with Crippen LogP contribution < -0.4 is 0 Å². The molecule has 3 rings (SSSR count). The lowest BCUT2D eigenvalue weighted by Gasteiger charge is -2.08. The van der Waals surface area contributed by atoms with Crippen molar-refractivity contribution >= 4 is 11.8 Å². The minimum Gasteiger partial charge on any atom is -0.298 e. The molecule has 3 aromatic rings. The molecule has 0 saturated heterocycles. The van der Waals surface area contributed by atoms with Crippen LogP contribution in [0.4, 0.5) is 0 Å². The molecule has 0 radical (unpaired) electrons. The van der Waals surface area contributed by atoms with Crippen molar-refractivity contribution in [3.8, 4) is 17.5 Å². The molecule has 0 unspecified atom stereocenters. The van der Waals surface area contributed by atoms with E-state index in [9.17, 15) is 5.26 Å². The lowest BCUT2D eigenvalue weighted by Crippen LogP contribution is -2.00. The second-order valence-corrected chi connectivity index (χ2v) is 6.07. The van der Waals surface area contributed by atoms with E-state index in [0.717, 1.165) is 22.1 Å². The van der Waals surface area contributed by atoms with Crippen molar-refractivity contribution in [2.45, 2.75) is 17.5 Å². The second-order valence-electron chi connectivity index (χ2n) is 5.13. The van der Waals surface area contributed by atoms with Gasteiger partial charge in [0.05, 0.1) is 11.6 Å². The summed E-state index contributed by atoms with van der Waals surface area (Å²) in [6, 6.07) is 19.8. The van der Waals surface area contributed by atoms with Crippen molar-refractivity contribution in [3.05, 3.63) is 78.4 Å².